The first-order chi connectivity index (χ1) is 8.41. The monoisotopic (exact) mass is 270 g/mol. The van der Waals surface area contributed by atoms with Gasteiger partial charge in [-0.15, -0.1) is 0 Å². The van der Waals surface area contributed by atoms with Crippen molar-refractivity contribution < 1.29 is 14.7 Å². The summed E-state index contributed by atoms with van der Waals surface area (Å²) in [6.07, 6.45) is 0. The number of aliphatic carboxylic acids is 1. The molecule has 0 aliphatic carbocycles. The molecule has 0 radical (unpaired) electrons. The van der Waals surface area contributed by atoms with E-state index in [1.807, 2.05) is 0 Å². The average Bonchev–Trinajstić information content (AvgIpc) is 2.32. The van der Waals surface area contributed by atoms with E-state index >= 15 is 0 Å². The fourth-order valence-electron chi connectivity index (χ4n) is 1.27. The predicted molar refractivity (Wildman–Crippen MR) is 69.9 cm³/mol. The van der Waals surface area contributed by atoms with Crippen LogP contribution in [0, 0.1) is 6.92 Å². The Morgan fingerprint density at radius 1 is 1.44 bits per heavy atom. The van der Waals surface area contributed by atoms with Gasteiger partial charge in [0.1, 0.15) is 6.04 Å². The van der Waals surface area contributed by atoms with E-state index in [2.05, 4.69) is 10.6 Å². The van der Waals surface area contributed by atoms with E-state index in [-0.39, 0.29) is 12.5 Å². The summed E-state index contributed by atoms with van der Waals surface area (Å²) in [6, 6.07) is 4.44. The van der Waals surface area contributed by atoms with Crippen LogP contribution in [0.5, 0.6) is 0 Å². The van der Waals surface area contributed by atoms with Crippen LogP contribution in [0.15, 0.2) is 18.2 Å². The van der Waals surface area contributed by atoms with Crippen molar-refractivity contribution in [2.45, 2.75) is 19.9 Å². The van der Waals surface area contributed by atoms with Crippen molar-refractivity contribution in [3.63, 3.8) is 0 Å². The van der Waals surface area contributed by atoms with Crippen LogP contribution in [-0.2, 0) is 9.59 Å². The van der Waals surface area contributed by atoms with Crippen LogP contribution in [0.4, 0.5) is 5.69 Å². The molecule has 0 aliphatic heterocycles. The lowest BCUT2D eigenvalue weighted by Crippen LogP contribution is -2.39. The van der Waals surface area contributed by atoms with Crippen molar-refractivity contribution >= 4 is 29.2 Å². The van der Waals surface area contributed by atoms with Gasteiger partial charge in [-0.25, -0.2) is 0 Å². The van der Waals surface area contributed by atoms with Crippen LogP contribution in [0.2, 0.25) is 5.02 Å². The number of carboxylic acids is 1. The van der Waals surface area contributed by atoms with Gasteiger partial charge in [0.05, 0.1) is 6.54 Å². The van der Waals surface area contributed by atoms with E-state index in [9.17, 15) is 9.59 Å². The van der Waals surface area contributed by atoms with Crippen molar-refractivity contribution in [2.24, 2.45) is 0 Å². The number of nitrogens with one attached hydrogen (secondary N) is 2. The molecular formula is C12H15ClN2O3. The lowest BCUT2D eigenvalue weighted by atomic mass is 10.2. The molecule has 0 spiro atoms. The summed E-state index contributed by atoms with van der Waals surface area (Å²) in [4.78, 5) is 22.2. The molecule has 1 unspecified atom stereocenters. The maximum Gasteiger partial charge on any atom is 0.320 e. The molecule has 0 aliphatic rings. The van der Waals surface area contributed by atoms with Gasteiger partial charge in [0.2, 0.25) is 5.91 Å². The Balaban J connectivity index is 2.55. The largest absolute Gasteiger partial charge is 0.480 e. The number of carbonyl (C=O) groups is 2. The van der Waals surface area contributed by atoms with Gasteiger partial charge in [0.25, 0.3) is 0 Å². The minimum atomic E-state index is -0.998. The van der Waals surface area contributed by atoms with E-state index in [4.69, 9.17) is 16.7 Å². The number of carboxylic acid groups (broad SMARTS) is 1. The van der Waals surface area contributed by atoms with Crippen LogP contribution >= 0.6 is 11.6 Å². The molecule has 98 valence electrons. The Hall–Kier alpha value is -1.59. The SMILES string of the molecule is Cc1c(Cl)cccc1NC(=O)CNC(C)C(=O)O. The van der Waals surface area contributed by atoms with Crippen molar-refractivity contribution in [3.8, 4) is 0 Å². The predicted octanol–water partition coefficient (Wildman–Crippen LogP) is 1.65. The fraction of sp³-hybridized carbons (Fsp3) is 0.333. The molecule has 0 bridgehead atoms. The molecule has 1 aromatic rings. The quantitative estimate of drug-likeness (QED) is 0.760. The molecular weight excluding hydrogens is 256 g/mol. The first-order valence-electron chi connectivity index (χ1n) is 5.43. The van der Waals surface area contributed by atoms with Gasteiger partial charge in [-0.3, -0.25) is 14.9 Å². The summed E-state index contributed by atoms with van der Waals surface area (Å²) in [5, 5.41) is 14.5. The number of hydrogen-bond acceptors (Lipinski definition) is 3. The van der Waals surface area contributed by atoms with Crippen LogP contribution in [0.1, 0.15) is 12.5 Å². The maximum atomic E-state index is 11.6. The zero-order valence-corrected chi connectivity index (χ0v) is 10.9. The van der Waals surface area contributed by atoms with E-state index in [1.165, 1.54) is 6.92 Å². The molecule has 18 heavy (non-hydrogen) atoms. The standard InChI is InChI=1S/C12H15ClN2O3/c1-7-9(13)4-3-5-10(7)15-11(16)6-14-8(2)12(17)18/h3-5,8,14H,6H2,1-2H3,(H,15,16)(H,17,18). The van der Waals surface area contributed by atoms with E-state index < -0.39 is 12.0 Å². The molecule has 1 amide bonds. The molecule has 5 nitrogen and oxygen atoms in total. The maximum absolute atomic E-state index is 11.6. The second-order valence-corrected chi connectivity index (χ2v) is 4.31. The van der Waals surface area contributed by atoms with Crippen LogP contribution in [0.3, 0.4) is 0 Å². The Labute approximate surface area is 110 Å². The zero-order chi connectivity index (χ0) is 13.7. The lowest BCUT2D eigenvalue weighted by Gasteiger charge is -2.11. The van der Waals surface area contributed by atoms with Gasteiger partial charge in [0.15, 0.2) is 0 Å². The fourth-order valence-corrected chi connectivity index (χ4v) is 1.44. The molecule has 6 heteroatoms. The molecule has 1 atom stereocenters. The highest BCUT2D eigenvalue weighted by molar-refractivity contribution is 6.31. The summed E-state index contributed by atoms with van der Waals surface area (Å²) in [5.74, 6) is -1.31. The van der Waals surface area contributed by atoms with Crippen LogP contribution in [0.25, 0.3) is 0 Å². The Morgan fingerprint density at radius 2 is 2.11 bits per heavy atom. The molecule has 0 aromatic heterocycles. The summed E-state index contributed by atoms with van der Waals surface area (Å²) < 4.78 is 0. The topological polar surface area (TPSA) is 78.4 Å². The number of amides is 1. The van der Waals surface area contributed by atoms with Crippen molar-refractivity contribution in [2.75, 3.05) is 11.9 Å². The van der Waals surface area contributed by atoms with Gasteiger partial charge < -0.3 is 10.4 Å². The normalized spacial score (nSPS) is 11.9. The van der Waals surface area contributed by atoms with Crippen LogP contribution < -0.4 is 10.6 Å². The number of anilines is 1. The highest BCUT2D eigenvalue weighted by Gasteiger charge is 2.12. The summed E-state index contributed by atoms with van der Waals surface area (Å²) in [7, 11) is 0. The van der Waals surface area contributed by atoms with Gasteiger partial charge in [-0.2, -0.15) is 0 Å². The number of rotatable bonds is 5. The highest BCUT2D eigenvalue weighted by atomic mass is 35.5. The number of carbonyl (C=O) groups excluding carboxylic acids is 1. The molecule has 0 heterocycles. The van der Waals surface area contributed by atoms with Crippen molar-refractivity contribution in [3.05, 3.63) is 28.8 Å². The zero-order valence-electron chi connectivity index (χ0n) is 10.2. The van der Waals surface area contributed by atoms with Crippen molar-refractivity contribution in [1.29, 1.82) is 0 Å². The first kappa shape index (κ1) is 14.5. The van der Waals surface area contributed by atoms with Gasteiger partial charge in [-0.05, 0) is 31.5 Å². The molecule has 0 saturated carbocycles. The number of benzene rings is 1. The third-order valence-electron chi connectivity index (χ3n) is 2.48. The molecule has 1 aromatic carbocycles. The second kappa shape index (κ2) is 6.37. The molecule has 3 N–H and O–H groups in total. The number of hydrogen-bond donors (Lipinski definition) is 3. The average molecular weight is 271 g/mol. The van der Waals surface area contributed by atoms with E-state index in [0.717, 1.165) is 5.56 Å². The van der Waals surface area contributed by atoms with E-state index in [0.29, 0.717) is 10.7 Å². The van der Waals surface area contributed by atoms with E-state index in [1.54, 1.807) is 25.1 Å². The Kier molecular flexibility index (Phi) is 5.12. The Morgan fingerprint density at radius 3 is 2.72 bits per heavy atom. The molecule has 0 fully saturated rings. The Bertz CT molecular complexity index is 463. The third-order valence-corrected chi connectivity index (χ3v) is 2.89. The van der Waals surface area contributed by atoms with Crippen molar-refractivity contribution in [1.82, 2.24) is 5.32 Å². The third kappa shape index (κ3) is 4.01. The summed E-state index contributed by atoms with van der Waals surface area (Å²) in [6.45, 7) is 3.20. The number of halogens is 1. The summed E-state index contributed by atoms with van der Waals surface area (Å²) in [5.41, 5.74) is 1.40. The molecule has 1 rings (SSSR count). The molecule has 0 saturated heterocycles. The smallest absolute Gasteiger partial charge is 0.320 e. The minimum absolute atomic E-state index is 0.0700. The first-order valence-corrected chi connectivity index (χ1v) is 5.80. The summed E-state index contributed by atoms with van der Waals surface area (Å²) >= 11 is 5.92. The second-order valence-electron chi connectivity index (χ2n) is 3.90. The van der Waals surface area contributed by atoms with Gasteiger partial charge in [0, 0.05) is 10.7 Å². The lowest BCUT2D eigenvalue weighted by molar-refractivity contribution is -0.139. The van der Waals surface area contributed by atoms with Gasteiger partial charge in [-0.1, -0.05) is 17.7 Å². The minimum Gasteiger partial charge on any atom is -0.480 e. The van der Waals surface area contributed by atoms with Gasteiger partial charge >= 0.3 is 5.97 Å². The van der Waals surface area contributed by atoms with Crippen LogP contribution in [-0.4, -0.2) is 29.6 Å². The highest BCUT2D eigenvalue weighted by Crippen LogP contribution is 2.22.